The van der Waals surface area contributed by atoms with Gasteiger partial charge in [-0.3, -0.25) is 13.9 Å². The van der Waals surface area contributed by atoms with Crippen molar-refractivity contribution in [2.75, 3.05) is 5.73 Å². The summed E-state index contributed by atoms with van der Waals surface area (Å²) >= 11 is 0. The fraction of sp³-hybridized carbons (Fsp3) is 0.286. The molecule has 2 N–H and O–H groups in total. The Kier molecular flexibility index (Phi) is 3.87. The topological polar surface area (TPSA) is 70.0 Å². The van der Waals surface area contributed by atoms with Gasteiger partial charge in [0.15, 0.2) is 0 Å². The third-order valence-electron chi connectivity index (χ3n) is 3.37. The largest absolute Gasteiger partial charge is 0.431 e. The fourth-order valence-electron chi connectivity index (χ4n) is 2.11. The van der Waals surface area contributed by atoms with Crippen molar-refractivity contribution >= 4 is 5.69 Å². The molecule has 0 aliphatic carbocycles. The Balaban J connectivity index is 2.53. The summed E-state index contributed by atoms with van der Waals surface area (Å²) in [6.45, 7) is 1.64. The lowest BCUT2D eigenvalue weighted by atomic mass is 10.1. The Morgan fingerprint density at radius 2 is 1.82 bits per heavy atom. The second kappa shape index (κ2) is 5.36. The number of nitrogens with zero attached hydrogens (tertiary/aromatic N) is 2. The highest BCUT2D eigenvalue weighted by Gasteiger charge is 2.34. The van der Waals surface area contributed by atoms with E-state index < -0.39 is 23.1 Å². The molecule has 2 rings (SSSR count). The SMILES string of the molecule is Cc1cc(Cn2c(=O)cc(C(F)(F)F)n(C)c2=O)ccc1N. The maximum Gasteiger partial charge on any atom is 0.431 e. The van der Waals surface area contributed by atoms with Gasteiger partial charge < -0.3 is 5.73 Å². The van der Waals surface area contributed by atoms with Gasteiger partial charge in [-0.25, -0.2) is 4.79 Å². The van der Waals surface area contributed by atoms with Crippen molar-refractivity contribution < 1.29 is 13.2 Å². The number of alkyl halides is 3. The van der Waals surface area contributed by atoms with Crippen LogP contribution in [0.4, 0.5) is 18.9 Å². The zero-order chi connectivity index (χ0) is 16.7. The molecule has 0 aliphatic heterocycles. The van der Waals surface area contributed by atoms with Crippen LogP contribution < -0.4 is 17.0 Å². The molecule has 8 heteroatoms. The monoisotopic (exact) mass is 313 g/mol. The standard InChI is InChI=1S/C14H14F3N3O2/c1-8-5-9(3-4-10(8)18)7-20-12(21)6-11(14(15,16)17)19(2)13(20)22/h3-6H,7,18H2,1-2H3. The second-order valence-electron chi connectivity index (χ2n) is 4.98. The van der Waals surface area contributed by atoms with E-state index in [0.29, 0.717) is 21.9 Å². The van der Waals surface area contributed by atoms with Gasteiger partial charge in [0.25, 0.3) is 5.56 Å². The molecule has 1 aromatic carbocycles. The molecule has 2 aromatic rings. The highest BCUT2D eigenvalue weighted by atomic mass is 19.4. The molecule has 5 nitrogen and oxygen atoms in total. The summed E-state index contributed by atoms with van der Waals surface area (Å²) in [6, 6.07) is 5.33. The number of nitrogen functional groups attached to an aromatic ring is 1. The first-order valence-electron chi connectivity index (χ1n) is 6.34. The predicted molar refractivity (Wildman–Crippen MR) is 75.6 cm³/mol. The van der Waals surface area contributed by atoms with Gasteiger partial charge in [0.2, 0.25) is 0 Å². The number of halogens is 3. The minimum Gasteiger partial charge on any atom is -0.399 e. The van der Waals surface area contributed by atoms with Gasteiger partial charge in [0.1, 0.15) is 5.69 Å². The van der Waals surface area contributed by atoms with Gasteiger partial charge in [0, 0.05) is 18.8 Å². The van der Waals surface area contributed by atoms with Crippen molar-refractivity contribution in [3.8, 4) is 0 Å². The van der Waals surface area contributed by atoms with E-state index in [1.165, 1.54) is 0 Å². The van der Waals surface area contributed by atoms with Crippen LogP contribution in [0, 0.1) is 6.92 Å². The number of hydrogen-bond donors (Lipinski definition) is 1. The first kappa shape index (κ1) is 15.9. The number of hydrogen-bond acceptors (Lipinski definition) is 3. The maximum absolute atomic E-state index is 12.7. The molecule has 0 atom stereocenters. The third kappa shape index (κ3) is 2.90. The molecule has 1 heterocycles. The molecule has 0 amide bonds. The first-order chi connectivity index (χ1) is 10.1. The molecule has 22 heavy (non-hydrogen) atoms. The van der Waals surface area contributed by atoms with E-state index in [0.717, 1.165) is 17.2 Å². The van der Waals surface area contributed by atoms with Gasteiger partial charge in [-0.15, -0.1) is 0 Å². The zero-order valence-electron chi connectivity index (χ0n) is 11.9. The summed E-state index contributed by atoms with van der Waals surface area (Å²) < 4.78 is 39.4. The highest BCUT2D eigenvalue weighted by molar-refractivity contribution is 5.47. The minimum absolute atomic E-state index is 0.120. The number of aryl methyl sites for hydroxylation is 1. The molecular weight excluding hydrogens is 299 g/mol. The maximum atomic E-state index is 12.7. The molecule has 0 saturated carbocycles. The summed E-state index contributed by atoms with van der Waals surface area (Å²) in [5.41, 5.74) is 4.30. The smallest absolute Gasteiger partial charge is 0.399 e. The van der Waals surface area contributed by atoms with E-state index in [4.69, 9.17) is 5.73 Å². The highest BCUT2D eigenvalue weighted by Crippen LogP contribution is 2.26. The predicted octanol–water partition coefficient (Wildman–Crippen LogP) is 1.50. The quantitative estimate of drug-likeness (QED) is 0.854. The Labute approximate surface area is 123 Å². The molecule has 118 valence electrons. The Morgan fingerprint density at radius 1 is 1.18 bits per heavy atom. The third-order valence-corrected chi connectivity index (χ3v) is 3.37. The summed E-state index contributed by atoms with van der Waals surface area (Å²) in [5, 5.41) is 0. The number of anilines is 1. The van der Waals surface area contributed by atoms with E-state index >= 15 is 0 Å². The van der Waals surface area contributed by atoms with E-state index in [9.17, 15) is 22.8 Å². The van der Waals surface area contributed by atoms with Crippen molar-refractivity contribution in [2.45, 2.75) is 19.6 Å². The average Bonchev–Trinajstić information content (AvgIpc) is 2.41. The number of rotatable bonds is 2. The second-order valence-corrected chi connectivity index (χ2v) is 4.98. The van der Waals surface area contributed by atoms with Crippen LogP contribution in [0.2, 0.25) is 0 Å². The van der Waals surface area contributed by atoms with E-state index in [-0.39, 0.29) is 6.54 Å². The lowest BCUT2D eigenvalue weighted by Gasteiger charge is -2.14. The lowest BCUT2D eigenvalue weighted by molar-refractivity contribution is -0.144. The molecule has 0 radical (unpaired) electrons. The average molecular weight is 313 g/mol. The Morgan fingerprint density at radius 3 is 2.36 bits per heavy atom. The van der Waals surface area contributed by atoms with E-state index in [1.54, 1.807) is 25.1 Å². The van der Waals surface area contributed by atoms with Crippen LogP contribution in [0.5, 0.6) is 0 Å². The summed E-state index contributed by atoms with van der Waals surface area (Å²) in [6.07, 6.45) is -4.76. The van der Waals surface area contributed by atoms with Gasteiger partial charge >= 0.3 is 11.9 Å². The van der Waals surface area contributed by atoms with Crippen LogP contribution in [0.1, 0.15) is 16.8 Å². The van der Waals surface area contributed by atoms with Crippen LogP contribution >= 0.6 is 0 Å². The van der Waals surface area contributed by atoms with Crippen molar-refractivity contribution in [2.24, 2.45) is 7.05 Å². The molecule has 0 saturated heterocycles. The van der Waals surface area contributed by atoms with E-state index in [2.05, 4.69) is 0 Å². The van der Waals surface area contributed by atoms with Gasteiger partial charge in [0.05, 0.1) is 6.54 Å². The Bertz CT molecular complexity index is 835. The molecule has 0 spiro atoms. The fourth-order valence-corrected chi connectivity index (χ4v) is 2.11. The van der Waals surface area contributed by atoms with Crippen LogP contribution in [-0.4, -0.2) is 9.13 Å². The van der Waals surface area contributed by atoms with Gasteiger partial charge in [-0.2, -0.15) is 13.2 Å². The lowest BCUT2D eigenvalue weighted by Crippen LogP contribution is -2.41. The Hall–Kier alpha value is -2.51. The van der Waals surface area contributed by atoms with Gasteiger partial charge in [-0.05, 0) is 24.1 Å². The molecule has 0 bridgehead atoms. The zero-order valence-corrected chi connectivity index (χ0v) is 11.9. The number of aromatic nitrogens is 2. The van der Waals surface area contributed by atoms with Crippen molar-refractivity contribution in [3.63, 3.8) is 0 Å². The van der Waals surface area contributed by atoms with Gasteiger partial charge in [-0.1, -0.05) is 12.1 Å². The number of nitrogens with two attached hydrogens (primary N) is 1. The summed E-state index contributed by atoms with van der Waals surface area (Å²) in [7, 11) is 0.981. The van der Waals surface area contributed by atoms with Crippen molar-refractivity contribution in [1.29, 1.82) is 0 Å². The first-order valence-corrected chi connectivity index (χ1v) is 6.34. The van der Waals surface area contributed by atoms with E-state index in [1.807, 2.05) is 0 Å². The minimum atomic E-state index is -4.76. The number of benzene rings is 1. The van der Waals surface area contributed by atoms with Crippen LogP contribution in [0.3, 0.4) is 0 Å². The molecular formula is C14H14F3N3O2. The summed E-state index contributed by atoms with van der Waals surface area (Å²) in [4.78, 5) is 23.9. The van der Waals surface area contributed by atoms with Crippen LogP contribution in [0.25, 0.3) is 0 Å². The van der Waals surface area contributed by atoms with Crippen LogP contribution in [0.15, 0.2) is 33.9 Å². The van der Waals surface area contributed by atoms with Crippen molar-refractivity contribution in [1.82, 2.24) is 9.13 Å². The van der Waals surface area contributed by atoms with Crippen LogP contribution in [-0.2, 0) is 19.8 Å². The molecule has 0 unspecified atom stereocenters. The summed E-state index contributed by atoms with van der Waals surface area (Å²) in [5.74, 6) is 0. The molecule has 0 fully saturated rings. The molecule has 1 aromatic heterocycles. The molecule has 0 aliphatic rings. The van der Waals surface area contributed by atoms with Crippen molar-refractivity contribution in [3.05, 3.63) is 61.9 Å². The normalized spacial score (nSPS) is 11.7.